The van der Waals surface area contributed by atoms with Gasteiger partial charge in [-0.2, -0.15) is 0 Å². The zero-order chi connectivity index (χ0) is 36.3. The lowest BCUT2D eigenvalue weighted by molar-refractivity contribution is -0.352. The largest absolute Gasteiger partial charge is 0.394 e. The number of aliphatic hydroxyl groups excluding tert-OH is 10. The summed E-state index contributed by atoms with van der Waals surface area (Å²) in [6.07, 6.45) is -24.3. The number of morpholine rings is 1. The number of nitrogens with zero attached hydrogens (tertiary/aromatic N) is 1. The molecule has 0 bridgehead atoms. The summed E-state index contributed by atoms with van der Waals surface area (Å²) in [7, 11) is 0. The Bertz CT molecular complexity index is 1190. The number of benzene rings is 1. The quantitative estimate of drug-likeness (QED) is 0.0965. The van der Waals surface area contributed by atoms with Crippen molar-refractivity contribution in [3.05, 3.63) is 35.6 Å². The van der Waals surface area contributed by atoms with E-state index in [2.05, 4.69) is 0 Å². The van der Waals surface area contributed by atoms with Gasteiger partial charge < -0.3 is 84.2 Å². The van der Waals surface area contributed by atoms with Crippen molar-refractivity contribution >= 4 is 0 Å². The Labute approximate surface area is 286 Å². The van der Waals surface area contributed by atoms with Crippen LogP contribution in [-0.2, 0) is 39.7 Å². The first kappa shape index (κ1) is 39.6. The fourth-order valence-electron chi connectivity index (χ4n) is 6.49. The van der Waals surface area contributed by atoms with Crippen LogP contribution in [0.2, 0.25) is 0 Å². The molecule has 0 spiro atoms. The van der Waals surface area contributed by atoms with Crippen molar-refractivity contribution < 1.29 is 88.6 Å². The van der Waals surface area contributed by atoms with Crippen LogP contribution in [0.25, 0.3) is 0 Å². The Hall–Kier alpha value is -1.57. The summed E-state index contributed by atoms with van der Waals surface area (Å²) in [5.41, 5.74) is 0.790. The third-order valence-corrected chi connectivity index (χ3v) is 9.36. The molecule has 0 aliphatic carbocycles. The highest BCUT2D eigenvalue weighted by atomic mass is 19.1. The number of hydrogen-bond acceptors (Lipinski definition) is 18. The second kappa shape index (κ2) is 17.5. The molecule has 4 saturated heterocycles. The van der Waals surface area contributed by atoms with E-state index in [1.54, 1.807) is 12.1 Å². The molecule has 4 aliphatic heterocycles. The molecule has 286 valence electrons. The van der Waals surface area contributed by atoms with E-state index in [1.165, 1.54) is 19.1 Å². The smallest absolute Gasteiger partial charge is 0.187 e. The maximum atomic E-state index is 13.4. The summed E-state index contributed by atoms with van der Waals surface area (Å²) in [6, 6.07) is 5.88. The van der Waals surface area contributed by atoms with Gasteiger partial charge in [-0.15, -0.1) is 0 Å². The third kappa shape index (κ3) is 8.96. The van der Waals surface area contributed by atoms with Gasteiger partial charge in [-0.05, 0) is 24.6 Å². The molecule has 10 N–H and O–H groups in total. The fourth-order valence-corrected chi connectivity index (χ4v) is 6.49. The molecular formula is C31H48FNO17. The molecule has 4 heterocycles. The van der Waals surface area contributed by atoms with E-state index in [1.807, 2.05) is 4.90 Å². The molecule has 0 aromatic heterocycles. The second-order valence-electron chi connectivity index (χ2n) is 13.0. The minimum atomic E-state index is -1.81. The van der Waals surface area contributed by atoms with Crippen molar-refractivity contribution in [2.75, 3.05) is 39.5 Å². The van der Waals surface area contributed by atoms with Crippen molar-refractivity contribution in [3.63, 3.8) is 0 Å². The summed E-state index contributed by atoms with van der Waals surface area (Å²) in [4.78, 5) is 1.89. The molecule has 4 fully saturated rings. The first-order chi connectivity index (χ1) is 23.8. The van der Waals surface area contributed by atoms with Crippen molar-refractivity contribution in [2.45, 2.75) is 118 Å². The van der Waals surface area contributed by atoms with E-state index < -0.39 is 124 Å². The summed E-state index contributed by atoms with van der Waals surface area (Å²) < 4.78 is 53.3. The fraction of sp³-hybridized carbons (Fsp3) is 0.806. The van der Waals surface area contributed by atoms with Crippen LogP contribution in [0.4, 0.5) is 4.39 Å². The van der Waals surface area contributed by atoms with Gasteiger partial charge in [0.15, 0.2) is 18.9 Å². The van der Waals surface area contributed by atoms with E-state index in [0.717, 1.165) is 5.56 Å². The van der Waals surface area contributed by atoms with Gasteiger partial charge >= 0.3 is 0 Å². The number of ether oxygens (including phenoxy) is 7. The van der Waals surface area contributed by atoms with Crippen molar-refractivity contribution in [1.82, 2.24) is 4.90 Å². The average molecular weight is 726 g/mol. The Morgan fingerprint density at radius 2 is 1.28 bits per heavy atom. The minimum absolute atomic E-state index is 0.137. The van der Waals surface area contributed by atoms with Gasteiger partial charge in [0, 0.05) is 19.6 Å². The van der Waals surface area contributed by atoms with Gasteiger partial charge in [-0.3, -0.25) is 4.90 Å². The summed E-state index contributed by atoms with van der Waals surface area (Å²) >= 11 is 0. The zero-order valence-electron chi connectivity index (χ0n) is 27.2. The summed E-state index contributed by atoms with van der Waals surface area (Å²) in [5, 5.41) is 104. The van der Waals surface area contributed by atoms with E-state index in [4.69, 9.17) is 33.2 Å². The molecule has 1 aromatic carbocycles. The lowest BCUT2D eigenvalue weighted by atomic mass is 9.94. The molecule has 0 radical (unpaired) electrons. The van der Waals surface area contributed by atoms with Gasteiger partial charge in [0.1, 0.15) is 79.1 Å². The second-order valence-corrected chi connectivity index (χ2v) is 13.0. The van der Waals surface area contributed by atoms with Gasteiger partial charge in [0.2, 0.25) is 0 Å². The van der Waals surface area contributed by atoms with Crippen LogP contribution in [0.1, 0.15) is 12.5 Å². The van der Waals surface area contributed by atoms with Crippen molar-refractivity contribution in [3.8, 4) is 0 Å². The molecule has 17 unspecified atom stereocenters. The third-order valence-electron chi connectivity index (χ3n) is 9.36. The summed E-state index contributed by atoms with van der Waals surface area (Å²) in [6.45, 7) is 0.00238. The molecular weight excluding hydrogens is 677 g/mol. The predicted molar refractivity (Wildman–Crippen MR) is 161 cm³/mol. The molecule has 50 heavy (non-hydrogen) atoms. The Morgan fingerprint density at radius 1 is 0.660 bits per heavy atom. The lowest BCUT2D eigenvalue weighted by Gasteiger charge is -2.47. The number of halogens is 1. The molecule has 19 heteroatoms. The molecule has 0 amide bonds. The van der Waals surface area contributed by atoms with Gasteiger partial charge in [-0.25, -0.2) is 4.39 Å². The van der Waals surface area contributed by atoms with E-state index >= 15 is 0 Å². The van der Waals surface area contributed by atoms with Gasteiger partial charge in [-0.1, -0.05) is 12.1 Å². The molecule has 4 aliphatic rings. The standard InChI is InChI=1S/C31H48FNO17/c1-13-21(37)28(50-31-26(42)25(41)22(38)17(10-35)48-31)24(40)19(45-13)12-44-30-27(43)29(23(39)18(11-36)47-30)49-20-8-33(7-16(9-34)46-20)6-14-2-4-15(32)5-3-14/h2-5,13,16-31,34-43H,6-12H2,1H3. The van der Waals surface area contributed by atoms with Crippen LogP contribution in [0, 0.1) is 5.82 Å². The summed E-state index contributed by atoms with van der Waals surface area (Å²) in [5.74, 6) is -0.388. The Balaban J connectivity index is 1.23. The van der Waals surface area contributed by atoms with E-state index in [-0.39, 0.29) is 19.0 Å². The molecule has 1 aromatic rings. The van der Waals surface area contributed by atoms with Crippen LogP contribution in [0.15, 0.2) is 24.3 Å². The molecule has 0 saturated carbocycles. The normalized spacial score (nSPS) is 44.7. The van der Waals surface area contributed by atoms with Crippen molar-refractivity contribution in [1.29, 1.82) is 0 Å². The number of rotatable bonds is 12. The molecule has 5 rings (SSSR count). The maximum absolute atomic E-state index is 13.4. The predicted octanol–water partition coefficient (Wildman–Crippen LogP) is -5.12. The van der Waals surface area contributed by atoms with Gasteiger partial charge in [0.25, 0.3) is 0 Å². The topological polar surface area (TPSA) is 270 Å². The lowest BCUT2D eigenvalue weighted by Crippen LogP contribution is -2.65. The molecule has 17 atom stereocenters. The van der Waals surface area contributed by atoms with Crippen LogP contribution < -0.4 is 0 Å². The van der Waals surface area contributed by atoms with Gasteiger partial charge in [0.05, 0.1) is 38.6 Å². The molecule has 18 nitrogen and oxygen atoms in total. The van der Waals surface area contributed by atoms with Crippen molar-refractivity contribution in [2.24, 2.45) is 0 Å². The van der Waals surface area contributed by atoms with Crippen LogP contribution in [0.5, 0.6) is 0 Å². The monoisotopic (exact) mass is 725 g/mol. The minimum Gasteiger partial charge on any atom is -0.394 e. The first-order valence-corrected chi connectivity index (χ1v) is 16.4. The van der Waals surface area contributed by atoms with E-state index in [0.29, 0.717) is 13.1 Å². The highest BCUT2D eigenvalue weighted by molar-refractivity contribution is 5.16. The van der Waals surface area contributed by atoms with Crippen LogP contribution in [-0.4, -0.2) is 200 Å². The maximum Gasteiger partial charge on any atom is 0.187 e. The highest BCUT2D eigenvalue weighted by Crippen LogP contribution is 2.31. The number of hydrogen-bond donors (Lipinski definition) is 10. The highest BCUT2D eigenvalue weighted by Gasteiger charge is 2.51. The Morgan fingerprint density at radius 3 is 1.94 bits per heavy atom. The SMILES string of the molecule is CC1OC(COC2OC(CO)C(O)C(OC3CN(Cc4ccc(F)cc4)CC(CO)O3)C2O)C(O)C(OC2OC(CO)C(O)C(O)C2O)C1O. The van der Waals surface area contributed by atoms with Crippen LogP contribution in [0.3, 0.4) is 0 Å². The Kier molecular flexibility index (Phi) is 13.9. The first-order valence-electron chi connectivity index (χ1n) is 16.4. The zero-order valence-corrected chi connectivity index (χ0v) is 27.2. The number of aliphatic hydroxyl groups is 10. The van der Waals surface area contributed by atoms with E-state index in [9.17, 15) is 55.5 Å². The average Bonchev–Trinajstić information content (AvgIpc) is 3.11. The van der Waals surface area contributed by atoms with Crippen LogP contribution >= 0.6 is 0 Å².